The van der Waals surface area contributed by atoms with Crippen LogP contribution in [0.15, 0.2) is 0 Å². The number of hydrogen-bond donors (Lipinski definition) is 0. The zero-order valence-corrected chi connectivity index (χ0v) is 9.78. The molecule has 0 heterocycles. The van der Waals surface area contributed by atoms with Gasteiger partial charge in [0.25, 0.3) is 0 Å². The van der Waals surface area contributed by atoms with Crippen molar-refractivity contribution >= 4 is 20.0 Å². The van der Waals surface area contributed by atoms with Gasteiger partial charge in [0.2, 0.25) is 0 Å². The fourth-order valence-electron chi connectivity index (χ4n) is 0.681. The van der Waals surface area contributed by atoms with Crippen molar-refractivity contribution < 1.29 is 28.2 Å². The summed E-state index contributed by atoms with van der Waals surface area (Å²) in [6.45, 7) is 3.33. The van der Waals surface area contributed by atoms with Crippen LogP contribution < -0.4 is 0 Å². The number of hydrogen-bond acceptors (Lipinski definition) is 6. The molecule has 0 aromatic carbocycles. The minimum absolute atomic E-state index is 0.0861. The van der Waals surface area contributed by atoms with E-state index in [1.54, 1.807) is 13.8 Å². The highest BCUT2D eigenvalue weighted by Gasteiger charge is 2.44. The van der Waals surface area contributed by atoms with Gasteiger partial charge in [-0.1, -0.05) is 6.92 Å². The second-order valence-corrected chi connectivity index (χ2v) is 3.72. The Morgan fingerprint density at radius 1 is 1.33 bits per heavy atom. The molecule has 7 heteroatoms. The van der Waals surface area contributed by atoms with Crippen LogP contribution in [0.3, 0.4) is 0 Å². The second kappa shape index (κ2) is 7.31. The highest BCUT2D eigenvalue weighted by molar-refractivity contribution is 7.41. The van der Waals surface area contributed by atoms with E-state index in [9.17, 15) is 14.2 Å². The highest BCUT2D eigenvalue weighted by Crippen LogP contribution is 2.31. The van der Waals surface area contributed by atoms with Gasteiger partial charge in [0.05, 0.1) is 13.7 Å². The Bertz CT molecular complexity index is 252. The van der Waals surface area contributed by atoms with Crippen LogP contribution >= 0.6 is 8.03 Å². The molecular weight excluding hydrogens is 223 g/mol. The molecule has 0 aliphatic heterocycles. The van der Waals surface area contributed by atoms with Gasteiger partial charge in [-0.05, 0) is 11.5 Å². The van der Waals surface area contributed by atoms with E-state index in [-0.39, 0.29) is 13.0 Å². The van der Waals surface area contributed by atoms with Gasteiger partial charge in [-0.15, -0.1) is 4.52 Å². The van der Waals surface area contributed by atoms with Gasteiger partial charge < -0.3 is 9.47 Å². The third-order valence-corrected chi connectivity index (χ3v) is 2.59. The van der Waals surface area contributed by atoms with Crippen LogP contribution in [-0.4, -0.2) is 31.5 Å². The standard InChI is InChI=1S/C8H14O6P/c1-4-6(9)14-8(7(10)12-3)15(11)13-5-2/h8H,4-5H2,1-3H3/q+1. The first-order valence-electron chi connectivity index (χ1n) is 4.43. The fourth-order valence-corrected chi connectivity index (χ4v) is 1.55. The molecule has 0 saturated carbocycles. The Hall–Kier alpha value is -1.00. The molecule has 0 aliphatic rings. The maximum absolute atomic E-state index is 11.3. The van der Waals surface area contributed by atoms with Crippen molar-refractivity contribution in [3.63, 3.8) is 0 Å². The van der Waals surface area contributed by atoms with Crippen LogP contribution in [0.4, 0.5) is 0 Å². The lowest BCUT2D eigenvalue weighted by Crippen LogP contribution is -2.25. The van der Waals surface area contributed by atoms with Gasteiger partial charge in [-0.2, -0.15) is 0 Å². The average Bonchev–Trinajstić information content (AvgIpc) is 2.24. The Labute approximate surface area is 88.7 Å². The monoisotopic (exact) mass is 237 g/mol. The van der Waals surface area contributed by atoms with Crippen LogP contribution in [0, 0.1) is 0 Å². The van der Waals surface area contributed by atoms with E-state index in [0.29, 0.717) is 0 Å². The summed E-state index contributed by atoms with van der Waals surface area (Å²) in [6, 6.07) is 0. The van der Waals surface area contributed by atoms with E-state index in [0.717, 1.165) is 7.11 Å². The van der Waals surface area contributed by atoms with Crippen molar-refractivity contribution in [1.29, 1.82) is 0 Å². The second-order valence-electron chi connectivity index (χ2n) is 2.42. The van der Waals surface area contributed by atoms with E-state index < -0.39 is 25.8 Å². The van der Waals surface area contributed by atoms with E-state index in [1.807, 2.05) is 0 Å². The van der Waals surface area contributed by atoms with Gasteiger partial charge in [-0.25, -0.2) is 4.79 Å². The average molecular weight is 237 g/mol. The van der Waals surface area contributed by atoms with Gasteiger partial charge in [-0.3, -0.25) is 4.79 Å². The van der Waals surface area contributed by atoms with Crippen molar-refractivity contribution in [3.05, 3.63) is 0 Å². The molecule has 0 N–H and O–H groups in total. The first-order chi connectivity index (χ1) is 7.06. The Morgan fingerprint density at radius 2 is 1.93 bits per heavy atom. The summed E-state index contributed by atoms with van der Waals surface area (Å²) in [6.07, 6.45) is 0.0861. The summed E-state index contributed by atoms with van der Waals surface area (Å²) in [5.41, 5.74) is 0. The SMILES string of the molecule is CCO[P+](=O)C(OC(=O)CC)C(=O)OC. The van der Waals surface area contributed by atoms with E-state index in [2.05, 4.69) is 9.47 Å². The Kier molecular flexibility index (Phi) is 6.83. The lowest BCUT2D eigenvalue weighted by molar-refractivity contribution is -0.160. The van der Waals surface area contributed by atoms with E-state index in [1.165, 1.54) is 0 Å². The molecule has 0 amide bonds. The molecule has 2 unspecified atom stereocenters. The molecule has 0 rings (SSSR count). The number of rotatable bonds is 6. The van der Waals surface area contributed by atoms with Crippen LogP contribution in [-0.2, 0) is 28.2 Å². The number of carbonyl (C=O) groups excluding carboxylic acids is 2. The molecule has 0 aromatic heterocycles. The van der Waals surface area contributed by atoms with Crippen LogP contribution in [0.5, 0.6) is 0 Å². The summed E-state index contributed by atoms with van der Waals surface area (Å²) in [7, 11) is -1.28. The Morgan fingerprint density at radius 3 is 2.33 bits per heavy atom. The third kappa shape index (κ3) is 4.85. The quantitative estimate of drug-likeness (QED) is 0.510. The van der Waals surface area contributed by atoms with E-state index >= 15 is 0 Å². The zero-order chi connectivity index (χ0) is 11.8. The molecule has 0 bridgehead atoms. The minimum atomic E-state index is -2.40. The fraction of sp³-hybridized carbons (Fsp3) is 0.750. The van der Waals surface area contributed by atoms with Gasteiger partial charge in [0.15, 0.2) is 0 Å². The maximum atomic E-state index is 11.3. The molecule has 2 atom stereocenters. The Balaban J connectivity index is 4.50. The predicted molar refractivity (Wildman–Crippen MR) is 51.4 cm³/mol. The summed E-state index contributed by atoms with van der Waals surface area (Å²) in [5.74, 6) is -2.99. The molecule has 86 valence electrons. The predicted octanol–water partition coefficient (Wildman–Crippen LogP) is 1.22. The lowest BCUT2D eigenvalue weighted by Gasteiger charge is -2.04. The van der Waals surface area contributed by atoms with Gasteiger partial charge >= 0.3 is 25.8 Å². The van der Waals surface area contributed by atoms with Gasteiger partial charge in [0, 0.05) is 6.42 Å². The van der Waals surface area contributed by atoms with E-state index in [4.69, 9.17) is 4.52 Å². The molecule has 0 spiro atoms. The molecule has 0 saturated heterocycles. The van der Waals surface area contributed by atoms with Crippen molar-refractivity contribution in [2.45, 2.75) is 26.1 Å². The van der Waals surface area contributed by atoms with Crippen LogP contribution in [0.25, 0.3) is 0 Å². The van der Waals surface area contributed by atoms with Gasteiger partial charge in [0.1, 0.15) is 0 Å². The summed E-state index contributed by atoms with van der Waals surface area (Å²) < 4.78 is 25.0. The maximum Gasteiger partial charge on any atom is 0.566 e. The van der Waals surface area contributed by atoms with Crippen molar-refractivity contribution in [2.75, 3.05) is 13.7 Å². The van der Waals surface area contributed by atoms with Crippen molar-refractivity contribution in [2.24, 2.45) is 0 Å². The zero-order valence-electron chi connectivity index (χ0n) is 8.89. The number of carbonyl (C=O) groups is 2. The molecule has 6 nitrogen and oxygen atoms in total. The van der Waals surface area contributed by atoms with Crippen molar-refractivity contribution in [3.8, 4) is 0 Å². The smallest absolute Gasteiger partial charge is 0.463 e. The first kappa shape index (κ1) is 14.0. The minimum Gasteiger partial charge on any atom is -0.463 e. The summed E-state index contributed by atoms with van der Waals surface area (Å²) in [5, 5.41) is 0. The third-order valence-electron chi connectivity index (χ3n) is 1.38. The summed E-state index contributed by atoms with van der Waals surface area (Å²) in [4.78, 5) is 22.1. The van der Waals surface area contributed by atoms with Crippen LogP contribution in [0.2, 0.25) is 0 Å². The normalized spacial score (nSPS) is 12.9. The number of esters is 2. The first-order valence-corrected chi connectivity index (χ1v) is 5.68. The molecule has 0 aromatic rings. The molecule has 0 radical (unpaired) electrons. The molecule has 15 heavy (non-hydrogen) atoms. The molecular formula is C8H14O6P+. The molecule has 0 fully saturated rings. The highest BCUT2D eigenvalue weighted by atomic mass is 31.1. The molecule has 0 aliphatic carbocycles. The lowest BCUT2D eigenvalue weighted by atomic mass is 10.5. The topological polar surface area (TPSA) is 78.9 Å². The largest absolute Gasteiger partial charge is 0.566 e. The summed E-state index contributed by atoms with van der Waals surface area (Å²) >= 11 is 0. The van der Waals surface area contributed by atoms with Crippen LogP contribution in [0.1, 0.15) is 20.3 Å². The van der Waals surface area contributed by atoms with Crippen molar-refractivity contribution in [1.82, 2.24) is 0 Å². The number of methoxy groups -OCH3 is 1. The number of ether oxygens (including phenoxy) is 2.